The van der Waals surface area contributed by atoms with Gasteiger partial charge in [0.15, 0.2) is 6.29 Å². The van der Waals surface area contributed by atoms with Crippen LogP contribution in [0.15, 0.2) is 0 Å². The predicted molar refractivity (Wildman–Crippen MR) is 193 cm³/mol. The lowest BCUT2D eigenvalue weighted by atomic mass is 9.99. The van der Waals surface area contributed by atoms with Crippen LogP contribution in [0.3, 0.4) is 0 Å². The number of hydrogen-bond donors (Lipinski definition) is 4. The Labute approximate surface area is 290 Å². The summed E-state index contributed by atoms with van der Waals surface area (Å²) in [6, 6.07) is 0. The van der Waals surface area contributed by atoms with E-state index in [0.29, 0.717) is 13.2 Å². The topological polar surface area (TPSA) is 109 Å². The van der Waals surface area contributed by atoms with E-state index in [1.165, 1.54) is 128 Å². The molecule has 0 aromatic heterocycles. The quantitative estimate of drug-likeness (QED) is 0.0418. The molecule has 0 spiro atoms. The van der Waals surface area contributed by atoms with Gasteiger partial charge < -0.3 is 39.1 Å². The van der Waals surface area contributed by atoms with Gasteiger partial charge in [-0.1, -0.05) is 149 Å². The number of hydrogen-bond acceptors (Lipinski definition) is 7. The summed E-state index contributed by atoms with van der Waals surface area (Å²) in [5.74, 6) is 0. The van der Waals surface area contributed by atoms with Crippen LogP contribution in [-0.2, 0) is 14.2 Å². The molecular formula is C39H80NO7+. The van der Waals surface area contributed by atoms with Crippen LogP contribution in [-0.4, -0.2) is 109 Å². The van der Waals surface area contributed by atoms with Crippen LogP contribution in [0.2, 0.25) is 0 Å². The van der Waals surface area contributed by atoms with Crippen LogP contribution >= 0.6 is 0 Å². The summed E-state index contributed by atoms with van der Waals surface area (Å²) in [5, 5.41) is 41.8. The van der Waals surface area contributed by atoms with Crippen molar-refractivity contribution in [2.45, 2.75) is 205 Å². The average Bonchev–Trinajstić information content (AvgIpc) is 3.04. The Morgan fingerprint density at radius 1 is 0.574 bits per heavy atom. The first kappa shape index (κ1) is 44.7. The van der Waals surface area contributed by atoms with Crippen LogP contribution < -0.4 is 0 Å². The zero-order valence-electron chi connectivity index (χ0n) is 31.4. The maximum absolute atomic E-state index is 10.7. The first-order valence-electron chi connectivity index (χ1n) is 20.1. The summed E-state index contributed by atoms with van der Waals surface area (Å²) in [4.78, 5) is 0. The number of rotatable bonds is 33. The summed E-state index contributed by atoms with van der Waals surface area (Å²) in [6.45, 7) is 6.65. The minimum Gasteiger partial charge on any atom is -0.387 e. The van der Waals surface area contributed by atoms with E-state index in [0.717, 1.165) is 36.7 Å². The van der Waals surface area contributed by atoms with Gasteiger partial charge in [0.25, 0.3) is 0 Å². The van der Waals surface area contributed by atoms with Gasteiger partial charge in [0, 0.05) is 6.61 Å². The number of likely N-dealkylation sites (N-methyl/N-ethyl adjacent to an activating group) is 1. The number of unbranched alkanes of at least 4 members (excludes halogenated alkanes) is 22. The monoisotopic (exact) mass is 675 g/mol. The van der Waals surface area contributed by atoms with E-state index in [9.17, 15) is 20.4 Å². The van der Waals surface area contributed by atoms with E-state index in [1.54, 1.807) is 0 Å². The lowest BCUT2D eigenvalue weighted by Crippen LogP contribution is -2.59. The van der Waals surface area contributed by atoms with Crippen LogP contribution in [0.4, 0.5) is 0 Å². The largest absolute Gasteiger partial charge is 0.387 e. The highest BCUT2D eigenvalue weighted by Gasteiger charge is 2.44. The van der Waals surface area contributed by atoms with E-state index in [1.807, 2.05) is 0 Å². The van der Waals surface area contributed by atoms with Crippen molar-refractivity contribution >= 4 is 0 Å². The third-order valence-electron chi connectivity index (χ3n) is 9.86. The molecule has 282 valence electrons. The molecule has 0 saturated carbocycles. The number of aliphatic hydroxyl groups is 4. The Balaban J connectivity index is 2.10. The SMILES string of the molecule is CCCCCCCCCCCCCCCCCC[N+](C)(C)CC(O)COC[C@H]1O[C@@H](OCCCCCCCCCC)[C@H](O)[C@@H](O)[C@@H]1O. The zero-order chi connectivity index (χ0) is 34.6. The number of aliphatic hydroxyl groups excluding tert-OH is 4. The van der Waals surface area contributed by atoms with E-state index in [-0.39, 0.29) is 13.2 Å². The fraction of sp³-hybridized carbons (Fsp3) is 1.00. The van der Waals surface area contributed by atoms with Gasteiger partial charge in [-0.2, -0.15) is 0 Å². The number of quaternary nitrogens is 1. The molecule has 0 amide bonds. The Kier molecular flexibility index (Phi) is 28.0. The minimum absolute atomic E-state index is 0.00613. The maximum atomic E-state index is 10.7. The van der Waals surface area contributed by atoms with Crippen molar-refractivity contribution in [2.75, 3.05) is 47.0 Å². The smallest absolute Gasteiger partial charge is 0.186 e. The highest BCUT2D eigenvalue weighted by molar-refractivity contribution is 4.89. The van der Waals surface area contributed by atoms with Gasteiger partial charge in [-0.15, -0.1) is 0 Å². The zero-order valence-corrected chi connectivity index (χ0v) is 31.4. The van der Waals surface area contributed by atoms with Gasteiger partial charge in [0.05, 0.1) is 33.9 Å². The average molecular weight is 675 g/mol. The summed E-state index contributed by atoms with van der Waals surface area (Å²) in [6.07, 6.45) is 24.8. The maximum Gasteiger partial charge on any atom is 0.186 e. The Hall–Kier alpha value is -0.320. The molecule has 6 atom stereocenters. The van der Waals surface area contributed by atoms with E-state index < -0.39 is 36.8 Å². The lowest BCUT2D eigenvalue weighted by molar-refractivity contribution is -0.893. The molecule has 8 nitrogen and oxygen atoms in total. The van der Waals surface area contributed by atoms with Crippen LogP contribution in [0.1, 0.15) is 168 Å². The second kappa shape index (κ2) is 29.4. The van der Waals surface area contributed by atoms with Crippen LogP contribution in [0.5, 0.6) is 0 Å². The molecule has 0 radical (unpaired) electrons. The molecule has 1 heterocycles. The van der Waals surface area contributed by atoms with Crippen LogP contribution in [0.25, 0.3) is 0 Å². The molecule has 1 aliphatic rings. The van der Waals surface area contributed by atoms with Gasteiger partial charge in [-0.05, 0) is 19.3 Å². The molecule has 1 saturated heterocycles. The highest BCUT2D eigenvalue weighted by Crippen LogP contribution is 2.23. The minimum atomic E-state index is -1.37. The molecule has 0 aliphatic carbocycles. The Bertz CT molecular complexity index is 682. The van der Waals surface area contributed by atoms with E-state index >= 15 is 0 Å². The van der Waals surface area contributed by atoms with Crippen molar-refractivity contribution < 1.29 is 39.1 Å². The molecule has 1 unspecified atom stereocenters. The van der Waals surface area contributed by atoms with Gasteiger partial charge in [-0.25, -0.2) is 0 Å². The van der Waals surface area contributed by atoms with Gasteiger partial charge in [-0.3, -0.25) is 0 Å². The number of ether oxygens (including phenoxy) is 3. The molecule has 1 rings (SSSR count). The lowest BCUT2D eigenvalue weighted by Gasteiger charge is -2.40. The molecule has 0 aromatic carbocycles. The summed E-state index contributed by atoms with van der Waals surface area (Å²) in [5.41, 5.74) is 0. The summed E-state index contributed by atoms with van der Waals surface area (Å²) < 4.78 is 18.0. The molecule has 0 aromatic rings. The van der Waals surface area contributed by atoms with Crippen molar-refractivity contribution in [3.05, 3.63) is 0 Å². The van der Waals surface area contributed by atoms with Crippen molar-refractivity contribution in [3.8, 4) is 0 Å². The van der Waals surface area contributed by atoms with Crippen molar-refractivity contribution in [1.29, 1.82) is 0 Å². The molecule has 0 bridgehead atoms. The van der Waals surface area contributed by atoms with E-state index in [2.05, 4.69) is 27.9 Å². The standard InChI is InChI=1S/C39H80NO7/c1-5-7-9-11-13-15-16-17-18-19-20-21-22-23-25-27-29-40(3,4)31-34(41)32-45-33-35-36(42)37(43)38(44)39(47-35)46-30-28-26-24-14-12-10-8-6-2/h34-39,41-44H,5-33H2,1-4H3/q+1/t34?,35-,36-,37+,38-,39-/m1/s1. The van der Waals surface area contributed by atoms with Crippen LogP contribution in [0, 0.1) is 0 Å². The summed E-state index contributed by atoms with van der Waals surface area (Å²) >= 11 is 0. The fourth-order valence-corrected chi connectivity index (χ4v) is 6.75. The summed E-state index contributed by atoms with van der Waals surface area (Å²) in [7, 11) is 4.29. The van der Waals surface area contributed by atoms with Crippen molar-refractivity contribution in [2.24, 2.45) is 0 Å². The first-order chi connectivity index (χ1) is 22.7. The van der Waals surface area contributed by atoms with Crippen molar-refractivity contribution in [3.63, 3.8) is 0 Å². The van der Waals surface area contributed by atoms with Crippen molar-refractivity contribution in [1.82, 2.24) is 0 Å². The van der Waals surface area contributed by atoms with E-state index in [4.69, 9.17) is 14.2 Å². The number of nitrogens with zero attached hydrogens (tertiary/aromatic N) is 1. The second-order valence-corrected chi connectivity index (χ2v) is 15.2. The van der Waals surface area contributed by atoms with Gasteiger partial charge in [0.2, 0.25) is 0 Å². The Morgan fingerprint density at radius 2 is 1.00 bits per heavy atom. The molecule has 8 heteroatoms. The third-order valence-corrected chi connectivity index (χ3v) is 9.86. The normalized spacial score (nSPS) is 22.6. The third kappa shape index (κ3) is 23.7. The molecule has 1 fully saturated rings. The molecule has 47 heavy (non-hydrogen) atoms. The van der Waals surface area contributed by atoms with Gasteiger partial charge >= 0.3 is 0 Å². The Morgan fingerprint density at radius 3 is 1.47 bits per heavy atom. The molecular weight excluding hydrogens is 594 g/mol. The van der Waals surface area contributed by atoms with Gasteiger partial charge in [0.1, 0.15) is 37.1 Å². The fourth-order valence-electron chi connectivity index (χ4n) is 6.75. The predicted octanol–water partition coefficient (Wildman–Crippen LogP) is 7.67. The first-order valence-corrected chi connectivity index (χ1v) is 20.1. The molecule has 4 N–H and O–H groups in total. The molecule has 1 aliphatic heterocycles. The highest BCUT2D eigenvalue weighted by atomic mass is 16.7. The second-order valence-electron chi connectivity index (χ2n) is 15.2.